The van der Waals surface area contributed by atoms with Gasteiger partial charge in [-0.1, -0.05) is 0 Å². The van der Waals surface area contributed by atoms with Crippen LogP contribution < -0.4 is 0 Å². The van der Waals surface area contributed by atoms with Gasteiger partial charge in [0, 0.05) is 0 Å². The van der Waals surface area contributed by atoms with E-state index in [-0.39, 0.29) is 0 Å². The molecule has 0 N–H and O–H groups in total. The van der Waals surface area contributed by atoms with Crippen LogP contribution >= 0.6 is 0 Å². The van der Waals surface area contributed by atoms with Gasteiger partial charge < -0.3 is 4.74 Å². The Bertz CT molecular complexity index is 669. The summed E-state index contributed by atoms with van der Waals surface area (Å²) >= 11 is 0. The van der Waals surface area contributed by atoms with E-state index < -0.39 is 66.6 Å². The van der Waals surface area contributed by atoms with Gasteiger partial charge in [0.05, 0.1) is 0 Å². The highest BCUT2D eigenvalue weighted by atomic mass is 19.4. The van der Waals surface area contributed by atoms with Crippen molar-refractivity contribution in [2.45, 2.75) is 48.3 Å². The summed E-state index contributed by atoms with van der Waals surface area (Å²) in [6, 6.07) is 0. The number of hydrogen-bond donors (Lipinski definition) is 0. The van der Waals surface area contributed by atoms with Crippen molar-refractivity contribution in [2.24, 2.45) is 0 Å². The smallest absolute Gasteiger partial charge is 0.327 e. The van der Waals surface area contributed by atoms with Crippen LogP contribution in [-0.2, 0) is 4.74 Å². The topological polar surface area (TPSA) is 9.23 Å². The summed E-state index contributed by atoms with van der Waals surface area (Å²) in [5.41, 5.74) is 0. The van der Waals surface area contributed by atoms with Crippen molar-refractivity contribution in [3.05, 3.63) is 11.7 Å². The molecule has 0 aromatic carbocycles. The number of halogens is 19. The maximum absolute atomic E-state index is 13.6. The molecule has 0 bridgehead atoms. The molecule has 0 saturated carbocycles. The van der Waals surface area contributed by atoms with Crippen LogP contribution in [0.3, 0.4) is 0 Å². The van der Waals surface area contributed by atoms with Crippen LogP contribution in [0.2, 0.25) is 0 Å². The Kier molecular flexibility index (Phi) is 7.63. The van der Waals surface area contributed by atoms with Crippen molar-refractivity contribution in [1.82, 2.24) is 0 Å². The van der Waals surface area contributed by atoms with E-state index in [1.807, 2.05) is 0 Å². The van der Waals surface area contributed by atoms with Gasteiger partial charge in [-0.15, -0.1) is 0 Å². The zero-order chi connectivity index (χ0) is 25.6. The maximum Gasteiger partial charge on any atom is 0.460 e. The molecule has 0 aromatic rings. The Hall–Kier alpha value is -1.63. The maximum atomic E-state index is 13.6. The fraction of sp³-hybridized carbons (Fsp3) is 0.818. The highest BCUT2D eigenvalue weighted by Crippen LogP contribution is 2.57. The second kappa shape index (κ2) is 8.05. The first-order chi connectivity index (χ1) is 13.2. The first-order valence-electron chi connectivity index (χ1n) is 6.53. The van der Waals surface area contributed by atoms with E-state index in [0.29, 0.717) is 0 Å². The monoisotopic (exact) mass is 512 g/mol. The molecule has 0 aliphatic carbocycles. The third-order valence-corrected chi connectivity index (χ3v) is 3.04. The number of hydrogen-bond acceptors (Lipinski definition) is 1. The quantitative estimate of drug-likeness (QED) is 0.327. The molecule has 1 unspecified atom stereocenters. The van der Waals surface area contributed by atoms with Crippen LogP contribution in [0.5, 0.6) is 0 Å². The largest absolute Gasteiger partial charge is 0.460 e. The van der Waals surface area contributed by atoms with Crippen molar-refractivity contribution in [3.8, 4) is 0 Å². The minimum atomic E-state index is -8.13. The number of ether oxygens (including phenoxy) is 1. The zero-order valence-electron chi connectivity index (χ0n) is 13.4. The molecule has 20 heteroatoms. The summed E-state index contributed by atoms with van der Waals surface area (Å²) in [5.74, 6) is -47.2. The highest BCUT2D eigenvalue weighted by molar-refractivity contribution is 5.23. The van der Waals surface area contributed by atoms with Crippen LogP contribution in [0, 0.1) is 0 Å². The predicted octanol–water partition coefficient (Wildman–Crippen LogP) is 6.75. The molecule has 31 heavy (non-hydrogen) atoms. The van der Waals surface area contributed by atoms with Crippen LogP contribution in [-0.4, -0.2) is 54.9 Å². The molecule has 1 atom stereocenters. The lowest BCUT2D eigenvalue weighted by atomic mass is 10.0. The summed E-state index contributed by atoms with van der Waals surface area (Å²) in [6.45, 7) is -3.58. The summed E-state index contributed by atoms with van der Waals surface area (Å²) in [6.07, 6.45) is -20.0. The molecule has 0 saturated heterocycles. The van der Waals surface area contributed by atoms with E-state index in [9.17, 15) is 83.4 Å². The Balaban J connectivity index is 6.63. The van der Waals surface area contributed by atoms with Crippen molar-refractivity contribution in [3.63, 3.8) is 0 Å². The van der Waals surface area contributed by atoms with Crippen molar-refractivity contribution in [2.75, 3.05) is 6.61 Å². The van der Waals surface area contributed by atoms with E-state index in [2.05, 4.69) is 4.74 Å². The Morgan fingerprint density at radius 1 is 0.581 bits per heavy atom. The fourth-order valence-corrected chi connectivity index (χ4v) is 1.32. The Morgan fingerprint density at radius 3 is 1.26 bits per heavy atom. The lowest BCUT2D eigenvalue weighted by Crippen LogP contribution is -2.61. The first kappa shape index (κ1) is 29.4. The van der Waals surface area contributed by atoms with Crippen molar-refractivity contribution in [1.29, 1.82) is 0 Å². The highest BCUT2D eigenvalue weighted by Gasteiger charge is 2.84. The van der Waals surface area contributed by atoms with E-state index in [0.717, 1.165) is 0 Å². The Morgan fingerprint density at radius 2 is 0.968 bits per heavy atom. The molecule has 0 rings (SSSR count). The van der Waals surface area contributed by atoms with Gasteiger partial charge in [0.15, 0.2) is 0 Å². The van der Waals surface area contributed by atoms with Crippen LogP contribution in [0.4, 0.5) is 83.4 Å². The molecule has 0 spiro atoms. The third-order valence-electron chi connectivity index (χ3n) is 3.04. The number of rotatable bonds is 8. The lowest BCUT2D eigenvalue weighted by molar-refractivity contribution is -0.392. The van der Waals surface area contributed by atoms with Gasteiger partial charge in [0.25, 0.3) is 0 Å². The van der Waals surface area contributed by atoms with Crippen LogP contribution in [0.25, 0.3) is 0 Å². The molecular formula is C11H3F19O. The van der Waals surface area contributed by atoms with Gasteiger partial charge in [-0.3, -0.25) is 0 Å². The minimum absolute atomic E-state index is 2.28. The third kappa shape index (κ3) is 4.91. The second-order valence-electron chi connectivity index (χ2n) is 5.29. The van der Waals surface area contributed by atoms with E-state index in [1.54, 1.807) is 0 Å². The van der Waals surface area contributed by atoms with Crippen LogP contribution in [0.1, 0.15) is 0 Å². The summed E-state index contributed by atoms with van der Waals surface area (Å²) in [4.78, 5) is 0. The number of allylic oxidation sites excluding steroid dienone is 1. The van der Waals surface area contributed by atoms with Gasteiger partial charge in [-0.2, -0.15) is 65.9 Å². The van der Waals surface area contributed by atoms with Crippen LogP contribution in [0.15, 0.2) is 11.7 Å². The molecule has 0 aliphatic rings. The molecule has 1 nitrogen and oxygen atoms in total. The predicted molar refractivity (Wildman–Crippen MR) is 56.9 cm³/mol. The summed E-state index contributed by atoms with van der Waals surface area (Å²) < 4.78 is 241. The molecule has 0 amide bonds. The van der Waals surface area contributed by atoms with Gasteiger partial charge in [-0.05, 0) is 0 Å². The van der Waals surface area contributed by atoms with Crippen molar-refractivity contribution >= 4 is 0 Å². The average Bonchev–Trinajstić information content (AvgIpc) is 2.55. The minimum Gasteiger partial charge on any atom is -0.327 e. The van der Waals surface area contributed by atoms with Gasteiger partial charge in [0.2, 0.25) is 11.7 Å². The lowest BCUT2D eigenvalue weighted by Gasteiger charge is -2.34. The second-order valence-corrected chi connectivity index (χ2v) is 5.29. The van der Waals surface area contributed by atoms with Gasteiger partial charge >= 0.3 is 48.3 Å². The van der Waals surface area contributed by atoms with E-state index in [1.165, 1.54) is 0 Å². The fourth-order valence-electron chi connectivity index (χ4n) is 1.32. The molecule has 0 aromatic heterocycles. The SMILES string of the molecule is FC(=C(F)C(F)(OCC(F)(F)C(F)F)C(F)(F)F)C(F)(F)C(F)(F)C(F)(F)C(F)(F)F. The molecule has 0 fully saturated rings. The van der Waals surface area contributed by atoms with Gasteiger partial charge in [-0.25, -0.2) is 17.6 Å². The average molecular weight is 512 g/mol. The first-order valence-corrected chi connectivity index (χ1v) is 6.53. The normalized spacial score (nSPS) is 18.2. The van der Waals surface area contributed by atoms with E-state index >= 15 is 0 Å². The molecule has 0 heterocycles. The summed E-state index contributed by atoms with van der Waals surface area (Å²) in [7, 11) is 0. The van der Waals surface area contributed by atoms with Crippen molar-refractivity contribution < 1.29 is 88.2 Å². The Labute approximate surface area is 156 Å². The van der Waals surface area contributed by atoms with E-state index in [4.69, 9.17) is 0 Å². The zero-order valence-corrected chi connectivity index (χ0v) is 13.4. The van der Waals surface area contributed by atoms with Gasteiger partial charge in [0.1, 0.15) is 6.61 Å². The number of alkyl halides is 17. The molecule has 0 aliphatic heterocycles. The summed E-state index contributed by atoms with van der Waals surface area (Å²) in [5, 5.41) is 0. The molecule has 0 radical (unpaired) electrons. The molecular weight excluding hydrogens is 509 g/mol. The standard InChI is InChI=1S/C11H3F19O/c12-2(6(18,19)8(21,22)9(23,24)11(28,29)30)3(13)7(20,10(25,26)27)31-1-5(16,17)4(14)15/h4H,1H2. The molecule has 186 valence electrons.